The zero-order valence-corrected chi connectivity index (χ0v) is 12.6. The Balaban J connectivity index is 2.19. The number of rotatable bonds is 5. The standard InChI is InChI=1S/C11H16N4O2S2/c1-4-9-5-12-11(18-9)8(3)15-19(16,17)10-6-13-14-7(10)2/h5-6,8,15H,4H2,1-3H3,(H,13,14). The molecule has 1 atom stereocenters. The van der Waals surface area contributed by atoms with Crippen LogP contribution in [0.3, 0.4) is 0 Å². The van der Waals surface area contributed by atoms with Crippen molar-refractivity contribution >= 4 is 21.4 Å². The summed E-state index contributed by atoms with van der Waals surface area (Å²) in [5, 5.41) is 7.11. The number of nitrogens with one attached hydrogen (secondary N) is 2. The highest BCUT2D eigenvalue weighted by Gasteiger charge is 2.23. The van der Waals surface area contributed by atoms with Crippen molar-refractivity contribution in [2.24, 2.45) is 0 Å². The monoisotopic (exact) mass is 300 g/mol. The number of aryl methyl sites for hydroxylation is 2. The van der Waals surface area contributed by atoms with E-state index in [1.54, 1.807) is 20.0 Å². The van der Waals surface area contributed by atoms with E-state index in [-0.39, 0.29) is 10.9 Å². The van der Waals surface area contributed by atoms with Crippen LogP contribution in [0.2, 0.25) is 0 Å². The number of thiazole rings is 1. The van der Waals surface area contributed by atoms with Crippen molar-refractivity contribution in [1.29, 1.82) is 0 Å². The van der Waals surface area contributed by atoms with Crippen molar-refractivity contribution < 1.29 is 8.42 Å². The Bertz CT molecular complexity index is 660. The summed E-state index contributed by atoms with van der Waals surface area (Å²) in [5.41, 5.74) is 0.521. The van der Waals surface area contributed by atoms with E-state index < -0.39 is 10.0 Å². The Morgan fingerprint density at radius 3 is 2.74 bits per heavy atom. The van der Waals surface area contributed by atoms with Crippen LogP contribution in [0.25, 0.3) is 0 Å². The molecule has 6 nitrogen and oxygen atoms in total. The third kappa shape index (κ3) is 3.02. The van der Waals surface area contributed by atoms with Gasteiger partial charge >= 0.3 is 0 Å². The summed E-state index contributed by atoms with van der Waals surface area (Å²) in [6.45, 7) is 5.50. The predicted octanol–water partition coefficient (Wildman–Crippen LogP) is 1.78. The van der Waals surface area contributed by atoms with E-state index in [1.807, 2.05) is 6.92 Å². The number of H-pyrrole nitrogens is 1. The molecule has 2 N–H and O–H groups in total. The van der Waals surface area contributed by atoms with Crippen LogP contribution in [0.15, 0.2) is 17.3 Å². The van der Waals surface area contributed by atoms with E-state index in [2.05, 4.69) is 19.9 Å². The lowest BCUT2D eigenvalue weighted by Gasteiger charge is -2.11. The first-order valence-electron chi connectivity index (χ1n) is 5.91. The highest BCUT2D eigenvalue weighted by atomic mass is 32.2. The van der Waals surface area contributed by atoms with E-state index in [4.69, 9.17) is 0 Å². The minimum absolute atomic E-state index is 0.173. The molecule has 0 fully saturated rings. The second-order valence-electron chi connectivity index (χ2n) is 4.22. The third-order valence-electron chi connectivity index (χ3n) is 2.70. The lowest BCUT2D eigenvalue weighted by Crippen LogP contribution is -2.27. The fraction of sp³-hybridized carbons (Fsp3) is 0.455. The van der Waals surface area contributed by atoms with Gasteiger partial charge in [-0.05, 0) is 20.3 Å². The first kappa shape index (κ1) is 14.2. The Labute approximate surface area is 116 Å². The summed E-state index contributed by atoms with van der Waals surface area (Å²) in [5.74, 6) is 0. The maximum absolute atomic E-state index is 12.2. The van der Waals surface area contributed by atoms with Crippen LogP contribution < -0.4 is 4.72 Å². The van der Waals surface area contributed by atoms with Gasteiger partial charge in [-0.1, -0.05) is 6.92 Å². The smallest absolute Gasteiger partial charge is 0.244 e. The van der Waals surface area contributed by atoms with Gasteiger partial charge in [0, 0.05) is 11.1 Å². The van der Waals surface area contributed by atoms with Crippen molar-refractivity contribution in [3.8, 4) is 0 Å². The van der Waals surface area contributed by atoms with Crippen LogP contribution in [0.5, 0.6) is 0 Å². The molecule has 0 radical (unpaired) electrons. The van der Waals surface area contributed by atoms with Crippen LogP contribution in [0.1, 0.15) is 35.5 Å². The second kappa shape index (κ2) is 5.40. The molecule has 1 unspecified atom stereocenters. The number of aromatic nitrogens is 3. The largest absolute Gasteiger partial charge is 0.281 e. The van der Waals surface area contributed by atoms with Gasteiger partial charge in [-0.3, -0.25) is 5.10 Å². The van der Waals surface area contributed by atoms with Crippen molar-refractivity contribution in [2.45, 2.75) is 38.1 Å². The minimum Gasteiger partial charge on any atom is -0.281 e. The molecule has 2 heterocycles. The summed E-state index contributed by atoms with van der Waals surface area (Å²) < 4.78 is 27.0. The highest BCUT2D eigenvalue weighted by Crippen LogP contribution is 2.22. The van der Waals surface area contributed by atoms with Gasteiger partial charge in [-0.2, -0.15) is 5.10 Å². The summed E-state index contributed by atoms with van der Waals surface area (Å²) in [6, 6.07) is -0.357. The topological polar surface area (TPSA) is 87.7 Å². The molecule has 0 bridgehead atoms. The van der Waals surface area contributed by atoms with E-state index in [9.17, 15) is 8.42 Å². The minimum atomic E-state index is -3.57. The number of sulfonamides is 1. The molecule has 0 saturated heterocycles. The van der Waals surface area contributed by atoms with Gasteiger partial charge in [-0.25, -0.2) is 18.1 Å². The van der Waals surface area contributed by atoms with Gasteiger partial charge in [0.2, 0.25) is 10.0 Å². The molecule has 104 valence electrons. The summed E-state index contributed by atoms with van der Waals surface area (Å²) >= 11 is 1.52. The Morgan fingerprint density at radius 2 is 2.21 bits per heavy atom. The highest BCUT2D eigenvalue weighted by molar-refractivity contribution is 7.89. The van der Waals surface area contributed by atoms with Crippen molar-refractivity contribution in [3.05, 3.63) is 28.0 Å². The molecule has 2 aromatic heterocycles. The maximum atomic E-state index is 12.2. The third-order valence-corrected chi connectivity index (χ3v) is 5.67. The zero-order chi connectivity index (χ0) is 14.0. The average molecular weight is 300 g/mol. The van der Waals surface area contributed by atoms with Crippen LogP contribution >= 0.6 is 11.3 Å². The Hall–Kier alpha value is -1.25. The Kier molecular flexibility index (Phi) is 4.02. The number of hydrogen-bond donors (Lipinski definition) is 2. The average Bonchev–Trinajstić information content (AvgIpc) is 2.96. The SMILES string of the molecule is CCc1cnc(C(C)NS(=O)(=O)c2cn[nH]c2C)s1. The van der Waals surface area contributed by atoms with Crippen molar-refractivity contribution in [2.75, 3.05) is 0 Å². The molecule has 0 aliphatic carbocycles. The van der Waals surface area contributed by atoms with Gasteiger partial charge in [0.1, 0.15) is 9.90 Å². The molecule has 0 saturated carbocycles. The van der Waals surface area contributed by atoms with Crippen molar-refractivity contribution in [1.82, 2.24) is 19.9 Å². The lowest BCUT2D eigenvalue weighted by molar-refractivity contribution is 0.566. The maximum Gasteiger partial charge on any atom is 0.244 e. The van der Waals surface area contributed by atoms with Crippen LogP contribution in [-0.4, -0.2) is 23.6 Å². The Morgan fingerprint density at radius 1 is 1.47 bits per heavy atom. The quantitative estimate of drug-likeness (QED) is 0.881. The number of hydrogen-bond acceptors (Lipinski definition) is 5. The first-order valence-corrected chi connectivity index (χ1v) is 8.21. The van der Waals surface area contributed by atoms with E-state index in [1.165, 1.54) is 17.5 Å². The molecule has 8 heteroatoms. The molecule has 19 heavy (non-hydrogen) atoms. The molecule has 0 aliphatic rings. The van der Waals surface area contributed by atoms with Crippen LogP contribution in [0.4, 0.5) is 0 Å². The molecule has 0 amide bonds. The fourth-order valence-electron chi connectivity index (χ4n) is 1.64. The molecule has 2 rings (SSSR count). The summed E-state index contributed by atoms with van der Waals surface area (Å²) in [6.07, 6.45) is 4.00. The number of aromatic amines is 1. The zero-order valence-electron chi connectivity index (χ0n) is 11.0. The normalized spacial score (nSPS) is 13.6. The summed E-state index contributed by atoms with van der Waals surface area (Å²) in [4.78, 5) is 5.56. The molecule has 0 aliphatic heterocycles. The summed E-state index contributed by atoms with van der Waals surface area (Å²) in [7, 11) is -3.57. The second-order valence-corrected chi connectivity index (χ2v) is 7.05. The predicted molar refractivity (Wildman–Crippen MR) is 73.6 cm³/mol. The van der Waals surface area contributed by atoms with Crippen LogP contribution in [-0.2, 0) is 16.4 Å². The molecule has 2 aromatic rings. The van der Waals surface area contributed by atoms with Gasteiger partial charge in [0.25, 0.3) is 0 Å². The first-order chi connectivity index (χ1) is 8.94. The lowest BCUT2D eigenvalue weighted by atomic mass is 10.4. The molecule has 0 aromatic carbocycles. The van der Waals surface area contributed by atoms with Gasteiger partial charge in [-0.15, -0.1) is 11.3 Å². The van der Waals surface area contributed by atoms with E-state index >= 15 is 0 Å². The van der Waals surface area contributed by atoms with Gasteiger partial charge in [0.15, 0.2) is 0 Å². The molecular formula is C11H16N4O2S2. The van der Waals surface area contributed by atoms with Crippen molar-refractivity contribution in [3.63, 3.8) is 0 Å². The van der Waals surface area contributed by atoms with Gasteiger partial charge < -0.3 is 0 Å². The molecule has 0 spiro atoms. The van der Waals surface area contributed by atoms with Gasteiger partial charge in [0.05, 0.1) is 17.9 Å². The number of nitrogens with zero attached hydrogens (tertiary/aromatic N) is 2. The fourth-order valence-corrected chi connectivity index (χ4v) is 3.92. The van der Waals surface area contributed by atoms with E-state index in [0.717, 1.165) is 16.3 Å². The van der Waals surface area contributed by atoms with Crippen LogP contribution in [0, 0.1) is 6.92 Å². The molecular weight excluding hydrogens is 284 g/mol. The van der Waals surface area contributed by atoms with E-state index in [0.29, 0.717) is 5.69 Å².